The molecule has 0 spiro atoms. The molecule has 0 atom stereocenters. The average Bonchev–Trinajstić information content (AvgIpc) is 2.53. The maximum absolute atomic E-state index is 12.3. The van der Waals surface area contributed by atoms with Gasteiger partial charge in [-0.1, -0.05) is 24.3 Å². The molecule has 0 fully saturated rings. The van der Waals surface area contributed by atoms with Crippen LogP contribution in [0.4, 0.5) is 5.69 Å². The third kappa shape index (κ3) is 4.58. The lowest BCUT2D eigenvalue weighted by atomic mass is 9.82. The summed E-state index contributed by atoms with van der Waals surface area (Å²) in [6.07, 6.45) is 0. The smallest absolute Gasteiger partial charge is 0.327 e. The minimum Gasteiger partial charge on any atom is -0.465 e. The summed E-state index contributed by atoms with van der Waals surface area (Å²) in [5, 5.41) is 3.20. The topological polar surface area (TPSA) is 64.6 Å². The van der Waals surface area contributed by atoms with Crippen molar-refractivity contribution >= 4 is 17.6 Å². The lowest BCUT2D eigenvalue weighted by Gasteiger charge is -2.25. The predicted molar refractivity (Wildman–Crippen MR) is 90.4 cm³/mol. The number of anilines is 1. The number of carbonyl (C=O) groups is 2. The second-order valence-electron chi connectivity index (χ2n) is 5.45. The van der Waals surface area contributed by atoms with Crippen LogP contribution in [0, 0.1) is 0 Å². The number of esters is 2. The second-order valence-corrected chi connectivity index (χ2v) is 5.45. The molecule has 0 radical (unpaired) electrons. The van der Waals surface area contributed by atoms with Gasteiger partial charge in [-0.2, -0.15) is 0 Å². The van der Waals surface area contributed by atoms with Crippen molar-refractivity contribution in [2.24, 2.45) is 0 Å². The third-order valence-corrected chi connectivity index (χ3v) is 3.42. The van der Waals surface area contributed by atoms with Crippen LogP contribution in [0.25, 0.3) is 0 Å². The van der Waals surface area contributed by atoms with E-state index in [1.807, 2.05) is 19.1 Å². The van der Waals surface area contributed by atoms with Gasteiger partial charge in [0, 0.05) is 12.2 Å². The van der Waals surface area contributed by atoms with E-state index in [4.69, 9.17) is 9.47 Å². The normalized spacial score (nSPS) is 10.8. The van der Waals surface area contributed by atoms with Crippen LogP contribution in [-0.2, 0) is 24.5 Å². The van der Waals surface area contributed by atoms with E-state index in [1.165, 1.54) is 6.92 Å². The maximum Gasteiger partial charge on any atom is 0.327 e. The van der Waals surface area contributed by atoms with E-state index in [-0.39, 0.29) is 13.2 Å². The van der Waals surface area contributed by atoms with Crippen molar-refractivity contribution in [3.05, 3.63) is 42.0 Å². The van der Waals surface area contributed by atoms with Gasteiger partial charge in [-0.05, 0) is 45.4 Å². The fourth-order valence-corrected chi connectivity index (χ4v) is 2.04. The highest BCUT2D eigenvalue weighted by atomic mass is 16.6. The number of rotatable bonds is 8. The van der Waals surface area contributed by atoms with Gasteiger partial charge < -0.3 is 14.8 Å². The van der Waals surface area contributed by atoms with Crippen molar-refractivity contribution in [2.45, 2.75) is 33.1 Å². The molecule has 1 aromatic rings. The van der Waals surface area contributed by atoms with Gasteiger partial charge in [-0.3, -0.25) is 9.59 Å². The Kier molecular flexibility index (Phi) is 6.82. The third-order valence-electron chi connectivity index (χ3n) is 3.42. The number of carbonyl (C=O) groups excluding carboxylic acids is 2. The van der Waals surface area contributed by atoms with Gasteiger partial charge in [0.15, 0.2) is 5.41 Å². The van der Waals surface area contributed by atoms with Gasteiger partial charge in [0.1, 0.15) is 0 Å². The van der Waals surface area contributed by atoms with Crippen molar-refractivity contribution < 1.29 is 19.1 Å². The Morgan fingerprint density at radius 2 is 1.57 bits per heavy atom. The molecule has 0 aliphatic carbocycles. The summed E-state index contributed by atoms with van der Waals surface area (Å²) >= 11 is 0. The first-order valence-electron chi connectivity index (χ1n) is 7.69. The molecule has 0 saturated heterocycles. The van der Waals surface area contributed by atoms with Crippen molar-refractivity contribution in [3.8, 4) is 0 Å². The van der Waals surface area contributed by atoms with E-state index in [9.17, 15) is 9.59 Å². The number of benzene rings is 1. The van der Waals surface area contributed by atoms with Crippen LogP contribution in [0.2, 0.25) is 0 Å². The molecule has 1 rings (SSSR count). The first-order valence-corrected chi connectivity index (χ1v) is 7.69. The molecule has 0 bridgehead atoms. The Morgan fingerprint density at radius 1 is 1.09 bits per heavy atom. The van der Waals surface area contributed by atoms with E-state index >= 15 is 0 Å². The number of ether oxygens (including phenoxy) is 2. The minimum absolute atomic E-state index is 0.200. The van der Waals surface area contributed by atoms with Gasteiger partial charge in [0.25, 0.3) is 0 Å². The fourth-order valence-electron chi connectivity index (χ4n) is 2.04. The monoisotopic (exact) mass is 319 g/mol. The first kappa shape index (κ1) is 18.7. The van der Waals surface area contributed by atoms with Crippen LogP contribution in [0.3, 0.4) is 0 Å². The molecule has 0 aromatic heterocycles. The van der Waals surface area contributed by atoms with Gasteiger partial charge in [-0.15, -0.1) is 0 Å². The maximum atomic E-state index is 12.3. The largest absolute Gasteiger partial charge is 0.465 e. The lowest BCUT2D eigenvalue weighted by molar-refractivity contribution is -0.163. The van der Waals surface area contributed by atoms with Crippen LogP contribution < -0.4 is 5.32 Å². The van der Waals surface area contributed by atoms with E-state index in [1.54, 1.807) is 26.0 Å². The van der Waals surface area contributed by atoms with Gasteiger partial charge >= 0.3 is 11.9 Å². The highest BCUT2D eigenvalue weighted by Crippen LogP contribution is 2.28. The molecule has 5 nitrogen and oxygen atoms in total. The minimum atomic E-state index is -1.47. The van der Waals surface area contributed by atoms with Crippen LogP contribution in [-0.4, -0.2) is 31.7 Å². The summed E-state index contributed by atoms with van der Waals surface area (Å²) in [5.41, 5.74) is 0.956. The van der Waals surface area contributed by atoms with Crippen molar-refractivity contribution in [1.29, 1.82) is 0 Å². The van der Waals surface area contributed by atoms with Gasteiger partial charge in [0.05, 0.1) is 13.2 Å². The Balaban J connectivity index is 3.09. The molecule has 0 aliphatic rings. The molecule has 0 unspecified atom stereocenters. The lowest BCUT2D eigenvalue weighted by Crippen LogP contribution is -2.43. The van der Waals surface area contributed by atoms with Crippen LogP contribution in [0.5, 0.6) is 0 Å². The van der Waals surface area contributed by atoms with Gasteiger partial charge in [0.2, 0.25) is 0 Å². The quantitative estimate of drug-likeness (QED) is 0.453. The Hall–Kier alpha value is -2.30. The molecule has 0 aliphatic heterocycles. The van der Waals surface area contributed by atoms with Crippen LogP contribution >= 0.6 is 0 Å². The van der Waals surface area contributed by atoms with E-state index in [0.29, 0.717) is 12.1 Å². The summed E-state index contributed by atoms with van der Waals surface area (Å²) < 4.78 is 10.1. The van der Waals surface area contributed by atoms with E-state index in [0.717, 1.165) is 11.3 Å². The molecular weight excluding hydrogens is 294 g/mol. The summed E-state index contributed by atoms with van der Waals surface area (Å²) in [6, 6.07) is 7.09. The molecule has 126 valence electrons. The Bertz CT molecular complexity index is 545. The molecule has 0 heterocycles. The standard InChI is InChI=1S/C18H25NO4/c1-6-22-16(20)18(5,17(21)23-7-2)14-8-10-15(11-9-14)19-12-13(3)4/h8-11,19H,3,6-7,12H2,1-2,4-5H3. The van der Waals surface area contributed by atoms with E-state index < -0.39 is 17.4 Å². The molecule has 1 N–H and O–H groups in total. The summed E-state index contributed by atoms with van der Waals surface area (Å²) in [5.74, 6) is -1.22. The van der Waals surface area contributed by atoms with Crippen molar-refractivity contribution in [3.63, 3.8) is 0 Å². The van der Waals surface area contributed by atoms with Crippen LogP contribution in [0.1, 0.15) is 33.3 Å². The first-order chi connectivity index (χ1) is 10.9. The molecular formula is C18H25NO4. The van der Waals surface area contributed by atoms with Crippen molar-refractivity contribution in [1.82, 2.24) is 0 Å². The summed E-state index contributed by atoms with van der Waals surface area (Å²) in [6.45, 7) is 11.8. The summed E-state index contributed by atoms with van der Waals surface area (Å²) in [7, 11) is 0. The zero-order valence-electron chi connectivity index (χ0n) is 14.3. The second kappa shape index (κ2) is 8.36. The van der Waals surface area contributed by atoms with Crippen molar-refractivity contribution in [2.75, 3.05) is 25.1 Å². The number of hydrogen-bond acceptors (Lipinski definition) is 5. The van der Waals surface area contributed by atoms with E-state index in [2.05, 4.69) is 11.9 Å². The van der Waals surface area contributed by atoms with Gasteiger partial charge in [-0.25, -0.2) is 0 Å². The average molecular weight is 319 g/mol. The molecule has 0 amide bonds. The zero-order valence-corrected chi connectivity index (χ0v) is 14.3. The highest BCUT2D eigenvalue weighted by molar-refractivity contribution is 6.05. The summed E-state index contributed by atoms with van der Waals surface area (Å²) in [4.78, 5) is 24.7. The SMILES string of the molecule is C=C(C)CNc1ccc(C(C)(C(=O)OCC)C(=O)OCC)cc1. The number of hydrogen-bond donors (Lipinski definition) is 1. The highest BCUT2D eigenvalue weighted by Gasteiger charge is 2.46. The molecule has 0 saturated carbocycles. The number of nitrogens with one attached hydrogen (secondary N) is 1. The molecule has 5 heteroatoms. The fraction of sp³-hybridized carbons (Fsp3) is 0.444. The Labute approximate surface area is 137 Å². The molecule has 23 heavy (non-hydrogen) atoms. The molecule has 1 aromatic carbocycles. The Morgan fingerprint density at radius 3 is 1.96 bits per heavy atom. The zero-order chi connectivity index (χ0) is 17.5. The predicted octanol–water partition coefficient (Wildman–Crippen LogP) is 3.06. The van der Waals surface area contributed by atoms with Crippen LogP contribution in [0.15, 0.2) is 36.4 Å².